The van der Waals surface area contributed by atoms with E-state index in [0.29, 0.717) is 11.8 Å². The van der Waals surface area contributed by atoms with Gasteiger partial charge in [0.05, 0.1) is 6.04 Å². The summed E-state index contributed by atoms with van der Waals surface area (Å²) in [5.74, 6) is 3.21. The fourth-order valence-corrected chi connectivity index (χ4v) is 6.57. The van der Waals surface area contributed by atoms with Gasteiger partial charge in [0.25, 0.3) is 0 Å². The van der Waals surface area contributed by atoms with Gasteiger partial charge in [-0.15, -0.1) is 0 Å². The summed E-state index contributed by atoms with van der Waals surface area (Å²) >= 11 is 0. The Kier molecular flexibility index (Phi) is 3.64. The molecule has 2 nitrogen and oxygen atoms in total. The van der Waals surface area contributed by atoms with Crippen LogP contribution >= 0.6 is 0 Å². The molecule has 0 spiro atoms. The van der Waals surface area contributed by atoms with E-state index in [1.54, 1.807) is 0 Å². The molecular weight excluding hydrogens is 258 g/mol. The maximum atomic E-state index is 13.2. The highest BCUT2D eigenvalue weighted by Crippen LogP contribution is 2.60. The molecule has 5 aliphatic carbocycles. The number of carbonyl (C=O) groups is 1. The molecule has 2 heteroatoms. The molecule has 0 unspecified atom stereocenters. The average molecular weight is 289 g/mol. The smallest absolute Gasteiger partial charge is 0.155 e. The third-order valence-corrected chi connectivity index (χ3v) is 7.05. The van der Waals surface area contributed by atoms with Crippen LogP contribution in [0.1, 0.15) is 77.6 Å². The summed E-state index contributed by atoms with van der Waals surface area (Å²) < 4.78 is 0. The van der Waals surface area contributed by atoms with Crippen molar-refractivity contribution in [3.05, 3.63) is 0 Å². The molecule has 4 bridgehead atoms. The monoisotopic (exact) mass is 289 g/mol. The third kappa shape index (κ3) is 2.58. The largest absolute Gasteiger partial charge is 0.305 e. The molecule has 1 atom stereocenters. The maximum Gasteiger partial charge on any atom is 0.155 e. The molecule has 5 rings (SSSR count). The fourth-order valence-electron chi connectivity index (χ4n) is 6.57. The van der Waals surface area contributed by atoms with Gasteiger partial charge < -0.3 is 5.32 Å². The van der Waals surface area contributed by atoms with Crippen LogP contribution in [0, 0.1) is 23.2 Å². The van der Waals surface area contributed by atoms with Crippen molar-refractivity contribution in [2.24, 2.45) is 23.2 Å². The summed E-state index contributed by atoms with van der Waals surface area (Å²) in [6, 6.07) is 0.691. The average Bonchev–Trinajstić information content (AvgIpc) is 2.46. The second-order valence-corrected chi connectivity index (χ2v) is 8.79. The van der Waals surface area contributed by atoms with Crippen molar-refractivity contribution in [2.45, 2.75) is 89.6 Å². The lowest BCUT2D eigenvalue weighted by Gasteiger charge is -2.56. The van der Waals surface area contributed by atoms with Crippen LogP contribution in [-0.4, -0.2) is 17.9 Å². The van der Waals surface area contributed by atoms with Crippen molar-refractivity contribution in [3.8, 4) is 0 Å². The highest BCUT2D eigenvalue weighted by Gasteiger charge is 2.55. The van der Waals surface area contributed by atoms with Crippen molar-refractivity contribution in [3.63, 3.8) is 0 Å². The molecule has 0 radical (unpaired) electrons. The number of carbonyl (C=O) groups excluding carboxylic acids is 1. The molecule has 1 N–H and O–H groups in total. The van der Waals surface area contributed by atoms with E-state index in [4.69, 9.17) is 0 Å². The van der Waals surface area contributed by atoms with Gasteiger partial charge in [0.2, 0.25) is 0 Å². The van der Waals surface area contributed by atoms with Crippen LogP contribution in [0.15, 0.2) is 0 Å². The Morgan fingerprint density at radius 1 is 0.952 bits per heavy atom. The van der Waals surface area contributed by atoms with Gasteiger partial charge in [-0.2, -0.15) is 0 Å². The van der Waals surface area contributed by atoms with Gasteiger partial charge in [-0.25, -0.2) is 0 Å². The Labute approximate surface area is 129 Å². The molecule has 118 valence electrons. The predicted octanol–water partition coefficient (Wildman–Crippen LogP) is 4.08. The first kappa shape index (κ1) is 14.2. The summed E-state index contributed by atoms with van der Waals surface area (Å²) in [5.41, 5.74) is 0.0792. The Balaban J connectivity index is 1.44. The van der Waals surface area contributed by atoms with Crippen LogP contribution in [0.2, 0.25) is 0 Å². The molecule has 5 aliphatic rings. The van der Waals surface area contributed by atoms with Gasteiger partial charge in [-0.05, 0) is 76.0 Å². The van der Waals surface area contributed by atoms with Crippen molar-refractivity contribution in [1.29, 1.82) is 0 Å². The van der Waals surface area contributed by atoms with E-state index in [-0.39, 0.29) is 11.5 Å². The van der Waals surface area contributed by atoms with Gasteiger partial charge >= 0.3 is 0 Å². The minimum absolute atomic E-state index is 0.0792. The molecule has 21 heavy (non-hydrogen) atoms. The number of hydrogen-bond donors (Lipinski definition) is 1. The van der Waals surface area contributed by atoms with E-state index in [1.807, 2.05) is 0 Å². The molecule has 0 aromatic heterocycles. The van der Waals surface area contributed by atoms with Gasteiger partial charge in [0, 0.05) is 11.5 Å². The van der Waals surface area contributed by atoms with Gasteiger partial charge in [0.1, 0.15) is 0 Å². The summed E-state index contributed by atoms with van der Waals surface area (Å²) in [4.78, 5) is 13.2. The summed E-state index contributed by atoms with van der Waals surface area (Å²) in [6.45, 7) is 2.15. The Morgan fingerprint density at radius 2 is 1.48 bits per heavy atom. The number of Topliss-reactive ketones (excluding diaryl/α,β-unsaturated/α-hetero) is 1. The van der Waals surface area contributed by atoms with Crippen LogP contribution in [0.25, 0.3) is 0 Å². The second kappa shape index (κ2) is 5.37. The second-order valence-electron chi connectivity index (χ2n) is 8.79. The molecule has 0 aromatic rings. The van der Waals surface area contributed by atoms with E-state index in [2.05, 4.69) is 12.2 Å². The van der Waals surface area contributed by atoms with Crippen molar-refractivity contribution in [1.82, 2.24) is 5.32 Å². The highest BCUT2D eigenvalue weighted by atomic mass is 16.1. The molecule has 0 aliphatic heterocycles. The fraction of sp³-hybridized carbons (Fsp3) is 0.947. The van der Waals surface area contributed by atoms with Crippen LogP contribution < -0.4 is 5.32 Å². The van der Waals surface area contributed by atoms with Crippen LogP contribution in [0.3, 0.4) is 0 Å². The summed E-state index contributed by atoms with van der Waals surface area (Å²) in [6.07, 6.45) is 14.6. The molecule has 0 aromatic carbocycles. The Hall–Kier alpha value is -0.370. The summed E-state index contributed by atoms with van der Waals surface area (Å²) in [7, 11) is 0. The van der Waals surface area contributed by atoms with Crippen LogP contribution in [0.5, 0.6) is 0 Å². The summed E-state index contributed by atoms with van der Waals surface area (Å²) in [5, 5.41) is 3.69. The quantitative estimate of drug-likeness (QED) is 0.845. The third-order valence-electron chi connectivity index (χ3n) is 7.05. The highest BCUT2D eigenvalue weighted by molar-refractivity contribution is 5.89. The van der Waals surface area contributed by atoms with E-state index >= 15 is 0 Å². The zero-order chi connectivity index (χ0) is 14.4. The maximum absolute atomic E-state index is 13.2. The van der Waals surface area contributed by atoms with Gasteiger partial charge in [-0.1, -0.05) is 19.3 Å². The minimum atomic E-state index is 0.0792. The first-order valence-electron chi connectivity index (χ1n) is 9.45. The Morgan fingerprint density at radius 3 is 2.00 bits per heavy atom. The Bertz CT molecular complexity index is 375. The lowest BCUT2D eigenvalue weighted by atomic mass is 9.48. The van der Waals surface area contributed by atoms with Crippen molar-refractivity contribution < 1.29 is 4.79 Å². The van der Waals surface area contributed by atoms with Crippen molar-refractivity contribution in [2.75, 3.05) is 0 Å². The lowest BCUT2D eigenvalue weighted by molar-refractivity contribution is -0.146. The van der Waals surface area contributed by atoms with Crippen LogP contribution in [-0.2, 0) is 4.79 Å². The molecular formula is C19H31NO. The first-order chi connectivity index (χ1) is 10.1. The van der Waals surface area contributed by atoms with Crippen molar-refractivity contribution >= 4 is 5.78 Å². The lowest BCUT2D eigenvalue weighted by Crippen LogP contribution is -2.55. The number of rotatable bonds is 4. The number of hydrogen-bond acceptors (Lipinski definition) is 2. The topological polar surface area (TPSA) is 29.1 Å². The SMILES string of the molecule is C[C@@H](NC1CCCCC1)C(=O)C12CC3CC(CC(C3)C1)C2. The zero-order valence-electron chi connectivity index (χ0n) is 13.6. The van der Waals surface area contributed by atoms with E-state index in [1.165, 1.54) is 70.6 Å². The normalized spacial score (nSPS) is 44.0. The minimum Gasteiger partial charge on any atom is -0.305 e. The van der Waals surface area contributed by atoms with E-state index in [0.717, 1.165) is 17.8 Å². The van der Waals surface area contributed by atoms with Crippen LogP contribution in [0.4, 0.5) is 0 Å². The standard InChI is InChI=1S/C19H31NO/c1-13(20-17-5-3-2-4-6-17)18(21)19-10-14-7-15(11-19)9-16(8-14)12-19/h13-17,20H,2-12H2,1H3/t13-,14?,15?,16?,19?/m1/s1. The number of nitrogens with one attached hydrogen (secondary N) is 1. The number of ketones is 1. The molecule has 0 amide bonds. The van der Waals surface area contributed by atoms with E-state index in [9.17, 15) is 4.79 Å². The molecule has 0 saturated heterocycles. The predicted molar refractivity (Wildman–Crippen MR) is 85.1 cm³/mol. The molecule has 0 heterocycles. The molecule has 5 fully saturated rings. The van der Waals surface area contributed by atoms with E-state index < -0.39 is 0 Å². The van der Waals surface area contributed by atoms with Gasteiger partial charge in [0.15, 0.2) is 5.78 Å². The zero-order valence-corrected chi connectivity index (χ0v) is 13.6. The van der Waals surface area contributed by atoms with Gasteiger partial charge in [-0.3, -0.25) is 4.79 Å². The molecule has 5 saturated carbocycles. The first-order valence-corrected chi connectivity index (χ1v) is 9.45.